The van der Waals surface area contributed by atoms with Gasteiger partial charge >= 0.3 is 0 Å². The molecule has 27 heavy (non-hydrogen) atoms. The molecule has 3 aromatic rings. The summed E-state index contributed by atoms with van der Waals surface area (Å²) in [5, 5.41) is 3.70. The van der Waals surface area contributed by atoms with E-state index in [0.29, 0.717) is 30.0 Å². The maximum atomic E-state index is 13.5. The van der Waals surface area contributed by atoms with Crippen molar-refractivity contribution in [3.63, 3.8) is 0 Å². The minimum Gasteiger partial charge on any atom is -0.490 e. The van der Waals surface area contributed by atoms with Crippen molar-refractivity contribution in [2.75, 3.05) is 13.2 Å². The van der Waals surface area contributed by atoms with Gasteiger partial charge in [0.15, 0.2) is 11.5 Å². The molecule has 1 aliphatic rings. The van der Waals surface area contributed by atoms with E-state index in [2.05, 4.69) is 10.3 Å². The van der Waals surface area contributed by atoms with Crippen molar-refractivity contribution in [3.8, 4) is 11.5 Å². The Hall–Kier alpha value is -3.02. The van der Waals surface area contributed by atoms with Crippen LogP contribution < -0.4 is 14.8 Å². The van der Waals surface area contributed by atoms with Gasteiger partial charge in [-0.25, -0.2) is 4.39 Å². The van der Waals surface area contributed by atoms with Gasteiger partial charge in [-0.3, -0.25) is 4.79 Å². The summed E-state index contributed by atoms with van der Waals surface area (Å²) in [6, 6.07) is 9.92. The number of benzene rings is 2. The summed E-state index contributed by atoms with van der Waals surface area (Å²) in [4.78, 5) is 15.8. The summed E-state index contributed by atoms with van der Waals surface area (Å²) < 4.78 is 24.9. The number of aryl methyl sites for hydroxylation is 1. The first-order chi connectivity index (χ1) is 13.0. The SMILES string of the molecule is Cc1c(C(=O)NC(C)c2ccc3c(c2)OCCCO3)[nH]c2ccc(F)cc12. The molecule has 0 saturated heterocycles. The van der Waals surface area contributed by atoms with Gasteiger partial charge in [-0.2, -0.15) is 0 Å². The van der Waals surface area contributed by atoms with Crippen molar-refractivity contribution in [3.05, 3.63) is 59.0 Å². The molecular formula is C21H21FN2O3. The summed E-state index contributed by atoms with van der Waals surface area (Å²) in [5.41, 5.74) is 2.83. The molecule has 5 nitrogen and oxygen atoms in total. The van der Waals surface area contributed by atoms with E-state index in [9.17, 15) is 9.18 Å². The Morgan fingerprint density at radius 2 is 1.93 bits per heavy atom. The third-order valence-electron chi connectivity index (χ3n) is 4.87. The zero-order chi connectivity index (χ0) is 19.0. The zero-order valence-corrected chi connectivity index (χ0v) is 15.3. The molecule has 0 spiro atoms. The van der Waals surface area contributed by atoms with E-state index in [-0.39, 0.29) is 17.8 Å². The summed E-state index contributed by atoms with van der Waals surface area (Å²) in [6.45, 7) is 4.97. The first-order valence-electron chi connectivity index (χ1n) is 9.01. The highest BCUT2D eigenvalue weighted by Crippen LogP contribution is 2.32. The number of H-pyrrole nitrogens is 1. The van der Waals surface area contributed by atoms with Crippen LogP contribution >= 0.6 is 0 Å². The lowest BCUT2D eigenvalue weighted by Crippen LogP contribution is -2.27. The van der Waals surface area contributed by atoms with E-state index in [0.717, 1.165) is 28.8 Å². The maximum absolute atomic E-state index is 13.5. The third kappa shape index (κ3) is 3.35. The van der Waals surface area contributed by atoms with E-state index in [1.54, 1.807) is 6.07 Å². The summed E-state index contributed by atoms with van der Waals surface area (Å²) >= 11 is 0. The number of halogens is 1. The van der Waals surface area contributed by atoms with Crippen LogP contribution in [-0.4, -0.2) is 24.1 Å². The Balaban J connectivity index is 1.56. The molecule has 0 aliphatic carbocycles. The second-order valence-electron chi connectivity index (χ2n) is 6.77. The van der Waals surface area contributed by atoms with E-state index >= 15 is 0 Å². The van der Waals surface area contributed by atoms with Gasteiger partial charge in [0.25, 0.3) is 5.91 Å². The van der Waals surface area contributed by atoms with Gasteiger partial charge in [0, 0.05) is 17.3 Å². The Morgan fingerprint density at radius 1 is 1.15 bits per heavy atom. The lowest BCUT2D eigenvalue weighted by atomic mass is 10.1. The number of rotatable bonds is 3. The monoisotopic (exact) mass is 368 g/mol. The maximum Gasteiger partial charge on any atom is 0.268 e. The van der Waals surface area contributed by atoms with Crippen LogP contribution in [-0.2, 0) is 0 Å². The van der Waals surface area contributed by atoms with Crippen LogP contribution in [0.25, 0.3) is 10.9 Å². The van der Waals surface area contributed by atoms with Crippen molar-refractivity contribution in [1.82, 2.24) is 10.3 Å². The fourth-order valence-electron chi connectivity index (χ4n) is 3.33. The van der Waals surface area contributed by atoms with Crippen molar-refractivity contribution >= 4 is 16.8 Å². The quantitative estimate of drug-likeness (QED) is 0.726. The largest absolute Gasteiger partial charge is 0.490 e. The highest BCUT2D eigenvalue weighted by atomic mass is 19.1. The lowest BCUT2D eigenvalue weighted by Gasteiger charge is -2.16. The van der Waals surface area contributed by atoms with Crippen LogP contribution in [0.2, 0.25) is 0 Å². The number of hydrogen-bond acceptors (Lipinski definition) is 3. The molecule has 2 N–H and O–H groups in total. The predicted octanol–water partition coefficient (Wildman–Crippen LogP) is 4.27. The van der Waals surface area contributed by atoms with Crippen LogP contribution in [0.3, 0.4) is 0 Å². The van der Waals surface area contributed by atoms with Gasteiger partial charge in [0.05, 0.1) is 19.3 Å². The predicted molar refractivity (Wildman–Crippen MR) is 101 cm³/mol. The topological polar surface area (TPSA) is 63.4 Å². The number of carbonyl (C=O) groups is 1. The van der Waals surface area contributed by atoms with Gasteiger partial charge in [-0.15, -0.1) is 0 Å². The normalized spacial score (nSPS) is 14.6. The van der Waals surface area contributed by atoms with Gasteiger partial charge < -0.3 is 19.8 Å². The molecule has 0 fully saturated rings. The van der Waals surface area contributed by atoms with E-state index in [1.165, 1.54) is 12.1 Å². The number of ether oxygens (including phenoxy) is 2. The third-order valence-corrected chi connectivity index (χ3v) is 4.87. The molecule has 1 atom stereocenters. The lowest BCUT2D eigenvalue weighted by molar-refractivity contribution is 0.0935. The van der Waals surface area contributed by atoms with E-state index in [1.807, 2.05) is 32.0 Å². The van der Waals surface area contributed by atoms with E-state index < -0.39 is 0 Å². The second kappa shape index (κ2) is 6.95. The summed E-state index contributed by atoms with van der Waals surface area (Å²) in [6.07, 6.45) is 0.844. The van der Waals surface area contributed by atoms with Crippen molar-refractivity contribution in [2.24, 2.45) is 0 Å². The summed E-state index contributed by atoms with van der Waals surface area (Å²) in [7, 11) is 0. The fourth-order valence-corrected chi connectivity index (χ4v) is 3.33. The highest BCUT2D eigenvalue weighted by Gasteiger charge is 2.19. The Kier molecular flexibility index (Phi) is 4.48. The Labute approximate surface area is 156 Å². The Bertz CT molecular complexity index is 1010. The minimum absolute atomic E-state index is 0.225. The van der Waals surface area contributed by atoms with Gasteiger partial charge in [-0.1, -0.05) is 6.07 Å². The number of aromatic nitrogens is 1. The molecule has 6 heteroatoms. The molecule has 0 saturated carbocycles. The molecule has 2 heterocycles. The van der Waals surface area contributed by atoms with Gasteiger partial charge in [-0.05, 0) is 55.3 Å². The average Bonchev–Trinajstić information content (AvgIpc) is 2.83. The average molecular weight is 368 g/mol. The van der Waals surface area contributed by atoms with Crippen LogP contribution in [0.4, 0.5) is 4.39 Å². The number of fused-ring (bicyclic) bond motifs is 2. The molecule has 4 rings (SSSR count). The molecule has 0 bridgehead atoms. The van der Waals surface area contributed by atoms with Crippen LogP contribution in [0, 0.1) is 12.7 Å². The fraction of sp³-hybridized carbons (Fsp3) is 0.286. The van der Waals surface area contributed by atoms with E-state index in [4.69, 9.17) is 9.47 Å². The first kappa shape index (κ1) is 17.4. The van der Waals surface area contributed by atoms with Crippen molar-refractivity contribution < 1.29 is 18.7 Å². The van der Waals surface area contributed by atoms with Crippen molar-refractivity contribution in [1.29, 1.82) is 0 Å². The molecule has 140 valence electrons. The molecule has 0 radical (unpaired) electrons. The first-order valence-corrected chi connectivity index (χ1v) is 9.01. The zero-order valence-electron chi connectivity index (χ0n) is 15.3. The highest BCUT2D eigenvalue weighted by molar-refractivity contribution is 6.01. The van der Waals surface area contributed by atoms with Crippen LogP contribution in [0.5, 0.6) is 11.5 Å². The standard InChI is InChI=1S/C21H21FN2O3/c1-12-16-11-15(22)5-6-17(16)24-20(12)21(25)23-13(2)14-4-7-18-19(10-14)27-9-3-8-26-18/h4-7,10-11,13,24H,3,8-9H2,1-2H3,(H,23,25). The van der Waals surface area contributed by atoms with Crippen molar-refractivity contribution in [2.45, 2.75) is 26.3 Å². The molecule has 2 aromatic carbocycles. The number of carbonyl (C=O) groups excluding carboxylic acids is 1. The van der Waals surface area contributed by atoms with Crippen LogP contribution in [0.1, 0.15) is 41.0 Å². The number of amides is 1. The summed E-state index contributed by atoms with van der Waals surface area (Å²) in [5.74, 6) is 0.868. The second-order valence-corrected chi connectivity index (χ2v) is 6.77. The Morgan fingerprint density at radius 3 is 2.74 bits per heavy atom. The van der Waals surface area contributed by atoms with Gasteiger partial charge in [0.2, 0.25) is 0 Å². The molecule has 1 aromatic heterocycles. The van der Waals surface area contributed by atoms with Crippen LogP contribution in [0.15, 0.2) is 36.4 Å². The minimum atomic E-state index is -0.322. The molecular weight excluding hydrogens is 347 g/mol. The smallest absolute Gasteiger partial charge is 0.268 e. The number of nitrogens with one attached hydrogen (secondary N) is 2. The molecule has 1 unspecified atom stereocenters. The number of hydrogen-bond donors (Lipinski definition) is 2. The van der Waals surface area contributed by atoms with Gasteiger partial charge in [0.1, 0.15) is 11.5 Å². The molecule has 1 amide bonds. The molecule has 1 aliphatic heterocycles. The number of aromatic amines is 1.